The second-order valence-electron chi connectivity index (χ2n) is 5.05. The van der Waals surface area contributed by atoms with E-state index in [2.05, 4.69) is 0 Å². The number of alkyl halides is 2. The van der Waals surface area contributed by atoms with Crippen molar-refractivity contribution in [3.8, 4) is 0 Å². The summed E-state index contributed by atoms with van der Waals surface area (Å²) in [5.74, 6) is -3.19. The van der Waals surface area contributed by atoms with Gasteiger partial charge in [0.2, 0.25) is 0 Å². The summed E-state index contributed by atoms with van der Waals surface area (Å²) in [6.45, 7) is -0.400. The molecule has 1 saturated heterocycles. The summed E-state index contributed by atoms with van der Waals surface area (Å²) in [4.78, 5) is 12.3. The molecule has 4 nitrogen and oxygen atoms in total. The molecule has 0 aliphatic carbocycles. The van der Waals surface area contributed by atoms with Crippen LogP contribution in [0.5, 0.6) is 0 Å². The highest BCUT2D eigenvalue weighted by atomic mass is 32.1. The minimum absolute atomic E-state index is 0.194. The average Bonchev–Trinajstić information content (AvgIpc) is 2.80. The number of carboxylic acid groups (broad SMARTS) is 1. The van der Waals surface area contributed by atoms with Gasteiger partial charge in [-0.2, -0.15) is 13.2 Å². The average molecular weight is 307 g/mol. The second-order valence-corrected chi connectivity index (χ2v) is 6.05. The van der Waals surface area contributed by atoms with Gasteiger partial charge in [-0.1, -0.05) is 0 Å². The van der Waals surface area contributed by atoms with E-state index in [1.165, 1.54) is 4.90 Å². The molecule has 1 fully saturated rings. The largest absolute Gasteiger partial charge is 0.465 e. The Balaban J connectivity index is 1.94. The van der Waals surface area contributed by atoms with Gasteiger partial charge >= 0.3 is 6.09 Å². The molecule has 3 heterocycles. The highest BCUT2D eigenvalue weighted by molar-refractivity contribution is 7.10. The zero-order chi connectivity index (χ0) is 14.5. The summed E-state index contributed by atoms with van der Waals surface area (Å²) >= 11 is 0.670. The quantitative estimate of drug-likeness (QED) is 0.801. The molecule has 1 amide bonds. The van der Waals surface area contributed by atoms with Gasteiger partial charge in [0.05, 0.1) is 0 Å². The Hall–Kier alpha value is -1.28. The Bertz CT molecular complexity index is 552. The Kier molecular flexibility index (Phi) is 2.98. The van der Waals surface area contributed by atoms with E-state index in [1.54, 1.807) is 0 Å². The van der Waals surface area contributed by atoms with Crippen molar-refractivity contribution >= 4 is 17.4 Å². The molecule has 1 aromatic heterocycles. The van der Waals surface area contributed by atoms with Crippen LogP contribution in [0.25, 0.3) is 0 Å². The lowest BCUT2D eigenvalue weighted by Crippen LogP contribution is -2.49. The first-order valence-electron chi connectivity index (χ1n) is 6.14. The van der Waals surface area contributed by atoms with E-state index in [9.17, 15) is 18.0 Å². The Morgan fingerprint density at radius 3 is 2.65 bits per heavy atom. The van der Waals surface area contributed by atoms with Crippen molar-refractivity contribution in [3.05, 3.63) is 21.6 Å². The number of thiophene rings is 1. The highest BCUT2D eigenvalue weighted by Crippen LogP contribution is 2.51. The lowest BCUT2D eigenvalue weighted by molar-refractivity contribution is -0.180. The molecule has 0 saturated carbocycles. The van der Waals surface area contributed by atoms with E-state index in [1.807, 2.05) is 0 Å². The second kappa shape index (κ2) is 4.36. The Labute approximate surface area is 116 Å². The van der Waals surface area contributed by atoms with Crippen LogP contribution in [-0.4, -0.2) is 35.8 Å². The zero-order valence-electron chi connectivity index (χ0n) is 10.4. The zero-order valence-corrected chi connectivity index (χ0v) is 11.2. The van der Waals surface area contributed by atoms with Gasteiger partial charge in [0.15, 0.2) is 5.13 Å². The third kappa shape index (κ3) is 1.98. The fourth-order valence-corrected chi connectivity index (χ4v) is 3.91. The van der Waals surface area contributed by atoms with Gasteiger partial charge in [-0.15, -0.1) is 11.3 Å². The molecule has 8 heteroatoms. The standard InChI is InChI=1S/C12H12F3NO3S/c13-8-5-7-9(20-8)11(19-6-12(7,14)15)1-3-16(4-2-11)10(17)18/h5H,1-4,6H2,(H,17,18). The third-order valence-electron chi connectivity index (χ3n) is 3.88. The summed E-state index contributed by atoms with van der Waals surface area (Å²) in [6, 6.07) is 0.869. The van der Waals surface area contributed by atoms with Crippen molar-refractivity contribution in [3.63, 3.8) is 0 Å². The molecule has 20 heavy (non-hydrogen) atoms. The number of likely N-dealkylation sites (tertiary alicyclic amines) is 1. The monoisotopic (exact) mass is 307 g/mol. The molecule has 0 unspecified atom stereocenters. The van der Waals surface area contributed by atoms with Crippen molar-refractivity contribution < 1.29 is 27.8 Å². The van der Waals surface area contributed by atoms with Crippen molar-refractivity contribution in [1.82, 2.24) is 4.90 Å². The van der Waals surface area contributed by atoms with Gasteiger partial charge in [-0.05, 0) is 18.9 Å². The van der Waals surface area contributed by atoms with Crippen molar-refractivity contribution in [2.24, 2.45) is 0 Å². The number of rotatable bonds is 0. The van der Waals surface area contributed by atoms with Gasteiger partial charge in [-0.25, -0.2) is 4.79 Å². The van der Waals surface area contributed by atoms with Crippen LogP contribution in [-0.2, 0) is 16.3 Å². The predicted molar refractivity (Wildman–Crippen MR) is 64.6 cm³/mol. The van der Waals surface area contributed by atoms with E-state index in [-0.39, 0.29) is 36.4 Å². The van der Waals surface area contributed by atoms with E-state index in [0.717, 1.165) is 6.07 Å². The fourth-order valence-electron chi connectivity index (χ4n) is 2.77. The molecular formula is C12H12F3NO3S. The summed E-state index contributed by atoms with van der Waals surface area (Å²) in [5.41, 5.74) is -1.28. The van der Waals surface area contributed by atoms with Crippen LogP contribution in [0.2, 0.25) is 0 Å². The van der Waals surface area contributed by atoms with Crippen LogP contribution in [0.1, 0.15) is 23.3 Å². The molecular weight excluding hydrogens is 295 g/mol. The van der Waals surface area contributed by atoms with Crippen LogP contribution in [0.4, 0.5) is 18.0 Å². The number of halogens is 3. The molecule has 0 atom stereocenters. The lowest BCUT2D eigenvalue weighted by Gasteiger charge is -2.44. The first-order valence-corrected chi connectivity index (χ1v) is 6.96. The number of hydrogen-bond donors (Lipinski definition) is 1. The topological polar surface area (TPSA) is 49.8 Å². The summed E-state index contributed by atoms with van der Waals surface area (Å²) in [7, 11) is 0. The van der Waals surface area contributed by atoms with Gasteiger partial charge in [0.1, 0.15) is 12.2 Å². The Morgan fingerprint density at radius 2 is 2.05 bits per heavy atom. The molecule has 1 spiro atoms. The molecule has 0 bridgehead atoms. The maximum atomic E-state index is 13.8. The molecule has 2 aliphatic heterocycles. The van der Waals surface area contributed by atoms with Crippen LogP contribution in [0, 0.1) is 5.13 Å². The third-order valence-corrected chi connectivity index (χ3v) is 4.99. The SMILES string of the molecule is O=C(O)N1CCC2(CC1)OCC(F)(F)c1cc(F)sc12. The maximum Gasteiger partial charge on any atom is 0.407 e. The number of hydrogen-bond acceptors (Lipinski definition) is 3. The summed E-state index contributed by atoms with van der Waals surface area (Å²) in [5, 5.41) is 8.25. The minimum atomic E-state index is -3.19. The molecule has 0 radical (unpaired) electrons. The number of amides is 1. The van der Waals surface area contributed by atoms with Crippen LogP contribution in [0.15, 0.2) is 6.07 Å². The number of ether oxygens (including phenoxy) is 1. The first kappa shape index (κ1) is 13.7. The number of piperidine rings is 1. The van der Waals surface area contributed by atoms with E-state index in [4.69, 9.17) is 9.84 Å². The van der Waals surface area contributed by atoms with Crippen molar-refractivity contribution in [1.29, 1.82) is 0 Å². The van der Waals surface area contributed by atoms with Crippen molar-refractivity contribution in [2.75, 3.05) is 19.7 Å². The highest BCUT2D eigenvalue weighted by Gasteiger charge is 2.52. The van der Waals surface area contributed by atoms with Crippen LogP contribution in [0.3, 0.4) is 0 Å². The van der Waals surface area contributed by atoms with Gasteiger partial charge < -0.3 is 14.7 Å². The van der Waals surface area contributed by atoms with E-state index >= 15 is 0 Å². The summed E-state index contributed by atoms with van der Waals surface area (Å²) in [6.07, 6.45) is -0.511. The van der Waals surface area contributed by atoms with Gasteiger partial charge in [-0.3, -0.25) is 0 Å². The molecule has 110 valence electrons. The molecule has 0 aromatic carbocycles. The number of nitrogens with zero attached hydrogens (tertiary/aromatic N) is 1. The molecule has 3 rings (SSSR count). The van der Waals surface area contributed by atoms with E-state index in [0.29, 0.717) is 11.3 Å². The predicted octanol–water partition coefficient (Wildman–Crippen LogP) is 2.98. The van der Waals surface area contributed by atoms with E-state index < -0.39 is 29.4 Å². The van der Waals surface area contributed by atoms with Crippen molar-refractivity contribution in [2.45, 2.75) is 24.4 Å². The fraction of sp³-hybridized carbons (Fsp3) is 0.583. The minimum Gasteiger partial charge on any atom is -0.465 e. The maximum absolute atomic E-state index is 13.8. The van der Waals surface area contributed by atoms with Crippen LogP contribution >= 0.6 is 11.3 Å². The summed E-state index contributed by atoms with van der Waals surface area (Å²) < 4.78 is 46.3. The normalized spacial score (nSPS) is 23.6. The lowest BCUT2D eigenvalue weighted by atomic mass is 9.84. The smallest absolute Gasteiger partial charge is 0.407 e. The molecule has 1 N–H and O–H groups in total. The number of fused-ring (bicyclic) bond motifs is 2. The first-order chi connectivity index (χ1) is 9.34. The van der Waals surface area contributed by atoms with Gasteiger partial charge in [0.25, 0.3) is 5.92 Å². The molecule has 1 aromatic rings. The van der Waals surface area contributed by atoms with Gasteiger partial charge in [0, 0.05) is 23.5 Å². The Morgan fingerprint density at radius 1 is 1.40 bits per heavy atom. The molecule has 2 aliphatic rings. The van der Waals surface area contributed by atoms with Crippen LogP contribution < -0.4 is 0 Å². The number of carbonyl (C=O) groups is 1.